The zero-order chi connectivity index (χ0) is 15.8. The van der Waals surface area contributed by atoms with E-state index < -0.39 is 0 Å². The molecule has 114 valence electrons. The number of benzene rings is 2. The van der Waals surface area contributed by atoms with Crippen molar-refractivity contribution in [2.24, 2.45) is 10.2 Å². The zero-order valence-corrected chi connectivity index (χ0v) is 12.9. The third-order valence-corrected chi connectivity index (χ3v) is 3.73. The first-order valence-corrected chi connectivity index (χ1v) is 7.32. The largest absolute Gasteiger partial charge is 0.495 e. The summed E-state index contributed by atoms with van der Waals surface area (Å²) in [6, 6.07) is 17.5. The molecule has 0 N–H and O–H groups in total. The van der Waals surface area contributed by atoms with Gasteiger partial charge in [-0.3, -0.25) is 4.90 Å². The van der Waals surface area contributed by atoms with E-state index in [-0.39, 0.29) is 0 Å². The second kappa shape index (κ2) is 5.28. The summed E-state index contributed by atoms with van der Waals surface area (Å²) in [5.41, 5.74) is 3.26. The van der Waals surface area contributed by atoms with Gasteiger partial charge in [0.2, 0.25) is 5.88 Å². The molecule has 0 saturated carbocycles. The lowest BCUT2D eigenvalue weighted by Crippen LogP contribution is -2.10. The molecule has 0 fully saturated rings. The van der Waals surface area contributed by atoms with E-state index in [0.29, 0.717) is 11.6 Å². The van der Waals surface area contributed by atoms with Crippen LogP contribution in [0.15, 0.2) is 69.2 Å². The lowest BCUT2D eigenvalue weighted by atomic mass is 10.2. The average Bonchev–Trinajstić information content (AvgIpc) is 2.88. The first-order valence-electron chi connectivity index (χ1n) is 7.32. The van der Waals surface area contributed by atoms with Crippen LogP contribution in [0.2, 0.25) is 0 Å². The minimum absolute atomic E-state index is 0.640. The molecule has 1 aliphatic heterocycles. The molecule has 0 unspecified atom stereocenters. The molecule has 4 rings (SSSR count). The molecular weight excluding hydrogens is 290 g/mol. The highest BCUT2D eigenvalue weighted by Gasteiger charge is 2.27. The molecule has 0 spiro atoms. The van der Waals surface area contributed by atoms with Gasteiger partial charge in [0.15, 0.2) is 0 Å². The Morgan fingerprint density at radius 2 is 1.61 bits per heavy atom. The van der Waals surface area contributed by atoms with Gasteiger partial charge in [0.05, 0.1) is 18.5 Å². The van der Waals surface area contributed by atoms with Crippen molar-refractivity contribution in [3.05, 3.63) is 60.4 Å². The lowest BCUT2D eigenvalue weighted by molar-refractivity contribution is 0.415. The number of rotatable bonds is 2. The molecule has 0 bridgehead atoms. The SMILES string of the molecule is COc1ccccc1N1c2ccccc2N=Nc2cc(C)oc21. The van der Waals surface area contributed by atoms with Gasteiger partial charge in [-0.15, -0.1) is 10.2 Å². The summed E-state index contributed by atoms with van der Waals surface area (Å²) >= 11 is 0. The van der Waals surface area contributed by atoms with E-state index in [1.807, 2.05) is 66.4 Å². The maximum atomic E-state index is 5.93. The van der Waals surface area contributed by atoms with Gasteiger partial charge in [-0.05, 0) is 31.2 Å². The van der Waals surface area contributed by atoms with E-state index in [4.69, 9.17) is 9.15 Å². The van der Waals surface area contributed by atoms with Crippen LogP contribution < -0.4 is 9.64 Å². The van der Waals surface area contributed by atoms with Crippen LogP contribution in [0.25, 0.3) is 0 Å². The number of para-hydroxylation sites is 3. The summed E-state index contributed by atoms with van der Waals surface area (Å²) in [5, 5.41) is 8.68. The van der Waals surface area contributed by atoms with Crippen molar-refractivity contribution in [1.82, 2.24) is 0 Å². The zero-order valence-electron chi connectivity index (χ0n) is 12.9. The fourth-order valence-electron chi connectivity index (χ4n) is 2.73. The van der Waals surface area contributed by atoms with Gasteiger partial charge in [-0.2, -0.15) is 0 Å². The number of aryl methyl sites for hydroxylation is 1. The van der Waals surface area contributed by atoms with Crippen molar-refractivity contribution in [2.45, 2.75) is 6.92 Å². The monoisotopic (exact) mass is 305 g/mol. The van der Waals surface area contributed by atoms with Crippen LogP contribution in [0.3, 0.4) is 0 Å². The Labute approximate surface area is 133 Å². The molecule has 0 aliphatic carbocycles. The van der Waals surface area contributed by atoms with Crippen molar-refractivity contribution in [3.63, 3.8) is 0 Å². The Morgan fingerprint density at radius 1 is 0.913 bits per heavy atom. The summed E-state index contributed by atoms with van der Waals surface area (Å²) in [4.78, 5) is 2.00. The molecule has 2 aromatic carbocycles. The molecule has 0 saturated heterocycles. The maximum absolute atomic E-state index is 5.93. The van der Waals surface area contributed by atoms with Crippen LogP contribution in [-0.2, 0) is 0 Å². The van der Waals surface area contributed by atoms with E-state index in [1.165, 1.54) is 0 Å². The van der Waals surface area contributed by atoms with Crippen LogP contribution in [0.1, 0.15) is 5.76 Å². The van der Waals surface area contributed by atoms with Gasteiger partial charge in [-0.25, -0.2) is 0 Å². The fourth-order valence-corrected chi connectivity index (χ4v) is 2.73. The smallest absolute Gasteiger partial charge is 0.232 e. The number of hydrogen-bond donors (Lipinski definition) is 0. The quantitative estimate of drug-likeness (QED) is 0.470. The van der Waals surface area contributed by atoms with Crippen LogP contribution >= 0.6 is 0 Å². The molecule has 5 nitrogen and oxygen atoms in total. The molecule has 0 radical (unpaired) electrons. The molecule has 3 aromatic rings. The number of methoxy groups -OCH3 is 1. The summed E-state index contributed by atoms with van der Waals surface area (Å²) in [6.45, 7) is 1.90. The molecule has 0 amide bonds. The minimum atomic E-state index is 0.640. The van der Waals surface area contributed by atoms with Gasteiger partial charge in [-0.1, -0.05) is 24.3 Å². The number of anilines is 3. The average molecular weight is 305 g/mol. The van der Waals surface area contributed by atoms with E-state index in [2.05, 4.69) is 10.2 Å². The van der Waals surface area contributed by atoms with Crippen molar-refractivity contribution >= 4 is 28.6 Å². The predicted molar refractivity (Wildman–Crippen MR) is 88.9 cm³/mol. The Morgan fingerprint density at radius 3 is 2.43 bits per heavy atom. The van der Waals surface area contributed by atoms with Crippen LogP contribution in [-0.4, -0.2) is 7.11 Å². The van der Waals surface area contributed by atoms with E-state index in [9.17, 15) is 0 Å². The van der Waals surface area contributed by atoms with Gasteiger partial charge in [0.1, 0.15) is 22.9 Å². The standard InChI is InChI=1S/C18H15N3O2/c1-12-11-14-18(23-12)21(16-9-5-6-10-17(16)22-2)15-8-4-3-7-13(15)19-20-14/h3-11H,1-2H3. The molecule has 2 heterocycles. The number of nitrogens with zero attached hydrogens (tertiary/aromatic N) is 3. The van der Waals surface area contributed by atoms with Crippen LogP contribution in [0, 0.1) is 6.92 Å². The fraction of sp³-hybridized carbons (Fsp3) is 0.111. The highest BCUT2D eigenvalue weighted by molar-refractivity contribution is 5.88. The highest BCUT2D eigenvalue weighted by Crippen LogP contribution is 2.50. The van der Waals surface area contributed by atoms with E-state index in [0.717, 1.165) is 28.6 Å². The topological polar surface area (TPSA) is 50.3 Å². The first kappa shape index (κ1) is 13.6. The van der Waals surface area contributed by atoms with Gasteiger partial charge in [0, 0.05) is 6.07 Å². The second-order valence-corrected chi connectivity index (χ2v) is 5.24. The minimum Gasteiger partial charge on any atom is -0.495 e. The summed E-state index contributed by atoms with van der Waals surface area (Å²) in [5.74, 6) is 2.18. The van der Waals surface area contributed by atoms with Gasteiger partial charge >= 0.3 is 0 Å². The maximum Gasteiger partial charge on any atom is 0.232 e. The Kier molecular flexibility index (Phi) is 3.12. The molecular formula is C18H15N3O2. The number of azo groups is 1. The molecule has 23 heavy (non-hydrogen) atoms. The van der Waals surface area contributed by atoms with Crippen LogP contribution in [0.4, 0.5) is 28.6 Å². The lowest BCUT2D eigenvalue weighted by Gasteiger charge is -2.24. The van der Waals surface area contributed by atoms with E-state index in [1.54, 1.807) is 7.11 Å². The van der Waals surface area contributed by atoms with Gasteiger partial charge in [0.25, 0.3) is 0 Å². The molecule has 5 heteroatoms. The number of hydrogen-bond acceptors (Lipinski definition) is 5. The summed E-state index contributed by atoms with van der Waals surface area (Å²) < 4.78 is 11.5. The van der Waals surface area contributed by atoms with Crippen molar-refractivity contribution in [1.29, 1.82) is 0 Å². The molecule has 1 aliphatic rings. The van der Waals surface area contributed by atoms with Crippen molar-refractivity contribution < 1.29 is 9.15 Å². The van der Waals surface area contributed by atoms with Gasteiger partial charge < -0.3 is 9.15 Å². The third kappa shape index (κ3) is 2.17. The van der Waals surface area contributed by atoms with Crippen molar-refractivity contribution in [2.75, 3.05) is 12.0 Å². The normalized spacial score (nSPS) is 12.5. The second-order valence-electron chi connectivity index (χ2n) is 5.24. The van der Waals surface area contributed by atoms with E-state index >= 15 is 0 Å². The molecule has 0 atom stereocenters. The van der Waals surface area contributed by atoms with Crippen LogP contribution in [0.5, 0.6) is 5.75 Å². The highest BCUT2D eigenvalue weighted by atomic mass is 16.5. The summed E-state index contributed by atoms with van der Waals surface area (Å²) in [6.07, 6.45) is 0. The first-order chi connectivity index (χ1) is 11.3. The Hall–Kier alpha value is -3.08. The Bertz CT molecular complexity index is 899. The molecule has 1 aromatic heterocycles. The summed E-state index contributed by atoms with van der Waals surface area (Å²) in [7, 11) is 1.66. The third-order valence-electron chi connectivity index (χ3n) is 3.73. The number of furan rings is 1. The predicted octanol–water partition coefficient (Wildman–Crippen LogP) is 5.80. The Balaban J connectivity index is 2.02. The number of fused-ring (bicyclic) bond motifs is 2. The van der Waals surface area contributed by atoms with Crippen molar-refractivity contribution in [3.8, 4) is 5.75 Å². The number of ether oxygens (including phenoxy) is 1.